The molecule has 0 aliphatic rings. The van der Waals surface area contributed by atoms with Crippen LogP contribution in [0.15, 0.2) is 54.2 Å². The molecule has 0 bridgehead atoms. The third kappa shape index (κ3) is 5.10. The van der Waals surface area contributed by atoms with Crippen molar-refractivity contribution in [3.63, 3.8) is 0 Å². The van der Waals surface area contributed by atoms with Gasteiger partial charge in [-0.25, -0.2) is 9.18 Å². The van der Waals surface area contributed by atoms with E-state index in [0.717, 1.165) is 13.2 Å². The third-order valence-electron chi connectivity index (χ3n) is 3.19. The zero-order chi connectivity index (χ0) is 19.1. The minimum Gasteiger partial charge on any atom is -0.464 e. The van der Waals surface area contributed by atoms with Crippen LogP contribution in [0, 0.1) is 5.82 Å². The Kier molecular flexibility index (Phi) is 6.37. The van der Waals surface area contributed by atoms with Crippen LogP contribution in [0.5, 0.6) is 5.75 Å². The van der Waals surface area contributed by atoms with Crippen molar-refractivity contribution in [2.75, 3.05) is 7.11 Å². The first-order valence-corrected chi connectivity index (χ1v) is 7.31. The molecule has 0 aliphatic heterocycles. The van der Waals surface area contributed by atoms with Gasteiger partial charge in [-0.3, -0.25) is 4.79 Å². The van der Waals surface area contributed by atoms with Crippen LogP contribution >= 0.6 is 0 Å². The van der Waals surface area contributed by atoms with E-state index in [1.807, 2.05) is 0 Å². The summed E-state index contributed by atoms with van der Waals surface area (Å²) in [5, 5.41) is 2.28. The first-order chi connectivity index (χ1) is 12.4. The van der Waals surface area contributed by atoms with Crippen molar-refractivity contribution in [2.24, 2.45) is 0 Å². The second-order valence-electron chi connectivity index (χ2n) is 4.93. The van der Waals surface area contributed by atoms with Gasteiger partial charge in [-0.1, -0.05) is 24.3 Å². The van der Waals surface area contributed by atoms with Crippen molar-refractivity contribution >= 4 is 18.0 Å². The average molecular weight is 365 g/mol. The fourth-order valence-electron chi connectivity index (χ4n) is 2.00. The van der Waals surface area contributed by atoms with Gasteiger partial charge in [0, 0.05) is 0 Å². The predicted molar refractivity (Wildman–Crippen MR) is 86.9 cm³/mol. The number of alkyl halides is 2. The highest BCUT2D eigenvalue weighted by molar-refractivity contribution is 6.03. The van der Waals surface area contributed by atoms with E-state index in [1.54, 1.807) is 0 Å². The lowest BCUT2D eigenvalue weighted by Gasteiger charge is -2.09. The number of esters is 1. The monoisotopic (exact) mass is 365 g/mol. The largest absolute Gasteiger partial charge is 0.464 e. The number of nitrogens with one attached hydrogen (secondary N) is 1. The lowest BCUT2D eigenvalue weighted by molar-refractivity contribution is -0.136. The number of amides is 1. The topological polar surface area (TPSA) is 64.6 Å². The molecule has 0 atom stereocenters. The Morgan fingerprint density at radius 2 is 1.73 bits per heavy atom. The van der Waals surface area contributed by atoms with Gasteiger partial charge in [0.2, 0.25) is 0 Å². The lowest BCUT2D eigenvalue weighted by Crippen LogP contribution is -2.28. The molecule has 8 heteroatoms. The van der Waals surface area contributed by atoms with Gasteiger partial charge in [0.05, 0.1) is 12.7 Å². The van der Waals surface area contributed by atoms with Crippen LogP contribution < -0.4 is 10.1 Å². The summed E-state index contributed by atoms with van der Waals surface area (Å²) in [6.45, 7) is -2.96. The van der Waals surface area contributed by atoms with E-state index in [1.165, 1.54) is 48.5 Å². The summed E-state index contributed by atoms with van der Waals surface area (Å²) < 4.78 is 46.8. The molecule has 2 aromatic rings. The molecule has 0 saturated heterocycles. The number of methoxy groups -OCH3 is 1. The number of ether oxygens (including phenoxy) is 2. The van der Waals surface area contributed by atoms with Gasteiger partial charge >= 0.3 is 12.6 Å². The van der Waals surface area contributed by atoms with Gasteiger partial charge in [0.1, 0.15) is 17.3 Å². The Morgan fingerprint density at radius 1 is 1.08 bits per heavy atom. The molecule has 0 radical (unpaired) electrons. The molecule has 2 aromatic carbocycles. The molecule has 0 heterocycles. The number of hydrogen-bond donors (Lipinski definition) is 1. The maximum Gasteiger partial charge on any atom is 0.387 e. The van der Waals surface area contributed by atoms with Crippen molar-refractivity contribution in [1.29, 1.82) is 0 Å². The number of hydrogen-bond acceptors (Lipinski definition) is 4. The molecular weight excluding hydrogens is 351 g/mol. The minimum absolute atomic E-state index is 0.0628. The Labute approximate surface area is 147 Å². The van der Waals surface area contributed by atoms with Gasteiger partial charge in [0.25, 0.3) is 5.91 Å². The Morgan fingerprint density at radius 3 is 2.31 bits per heavy atom. The number of carbonyl (C=O) groups excluding carboxylic acids is 2. The zero-order valence-electron chi connectivity index (χ0n) is 13.5. The average Bonchev–Trinajstić information content (AvgIpc) is 2.62. The second-order valence-corrected chi connectivity index (χ2v) is 4.93. The van der Waals surface area contributed by atoms with Gasteiger partial charge in [-0.15, -0.1) is 0 Å². The molecule has 136 valence electrons. The number of rotatable bonds is 6. The van der Waals surface area contributed by atoms with Crippen LogP contribution in [0.3, 0.4) is 0 Å². The molecule has 1 N–H and O–H groups in total. The fourth-order valence-corrected chi connectivity index (χ4v) is 2.00. The van der Waals surface area contributed by atoms with E-state index in [2.05, 4.69) is 14.8 Å². The minimum atomic E-state index is -2.96. The molecule has 26 heavy (non-hydrogen) atoms. The van der Waals surface area contributed by atoms with Crippen molar-refractivity contribution < 1.29 is 32.2 Å². The quantitative estimate of drug-likeness (QED) is 0.630. The van der Waals surface area contributed by atoms with Gasteiger partial charge in [-0.05, 0) is 35.9 Å². The van der Waals surface area contributed by atoms with Crippen LogP contribution in [0.25, 0.3) is 6.08 Å². The smallest absolute Gasteiger partial charge is 0.387 e. The van der Waals surface area contributed by atoms with Crippen molar-refractivity contribution in [3.05, 3.63) is 71.2 Å². The Hall–Kier alpha value is -3.29. The van der Waals surface area contributed by atoms with Gasteiger partial charge in [-0.2, -0.15) is 8.78 Å². The van der Waals surface area contributed by atoms with Crippen molar-refractivity contribution in [2.45, 2.75) is 6.61 Å². The molecule has 0 fully saturated rings. The second kappa shape index (κ2) is 8.70. The standard InChI is InChI=1S/C18H14F3NO4/c1-25-17(24)15(22-16(23)13-4-2-3-5-14(13)19)10-11-6-8-12(9-7-11)26-18(20)21/h2-10,18H,1H3,(H,22,23). The highest BCUT2D eigenvalue weighted by Crippen LogP contribution is 2.17. The highest BCUT2D eigenvalue weighted by Gasteiger charge is 2.17. The first kappa shape index (κ1) is 19.0. The summed E-state index contributed by atoms with van der Waals surface area (Å²) in [6, 6.07) is 10.6. The van der Waals surface area contributed by atoms with Crippen LogP contribution in [-0.4, -0.2) is 25.6 Å². The molecule has 2 rings (SSSR count). The normalized spacial score (nSPS) is 11.2. The lowest BCUT2D eigenvalue weighted by atomic mass is 10.1. The van der Waals surface area contributed by atoms with Crippen LogP contribution in [0.1, 0.15) is 15.9 Å². The summed E-state index contributed by atoms with van der Waals surface area (Å²) in [5.41, 5.74) is -0.0906. The van der Waals surface area contributed by atoms with E-state index in [9.17, 15) is 22.8 Å². The summed E-state index contributed by atoms with van der Waals surface area (Å²) in [6.07, 6.45) is 1.26. The van der Waals surface area contributed by atoms with E-state index in [-0.39, 0.29) is 17.0 Å². The molecule has 1 amide bonds. The number of benzene rings is 2. The third-order valence-corrected chi connectivity index (χ3v) is 3.19. The van der Waals surface area contributed by atoms with Crippen molar-refractivity contribution in [3.8, 4) is 5.75 Å². The van der Waals surface area contributed by atoms with Gasteiger partial charge in [0.15, 0.2) is 0 Å². The van der Waals surface area contributed by atoms with Crippen LogP contribution in [0.4, 0.5) is 13.2 Å². The molecule has 0 aromatic heterocycles. The zero-order valence-corrected chi connectivity index (χ0v) is 13.5. The van der Waals surface area contributed by atoms with E-state index in [4.69, 9.17) is 0 Å². The maximum atomic E-state index is 13.7. The molecular formula is C18H14F3NO4. The van der Waals surface area contributed by atoms with E-state index in [0.29, 0.717) is 5.56 Å². The number of halogens is 3. The summed E-state index contributed by atoms with van der Waals surface area (Å²) in [5.74, 6) is -2.50. The van der Waals surface area contributed by atoms with Crippen molar-refractivity contribution in [1.82, 2.24) is 5.32 Å². The number of carbonyl (C=O) groups is 2. The maximum absolute atomic E-state index is 13.7. The Balaban J connectivity index is 2.24. The summed E-state index contributed by atoms with van der Waals surface area (Å²) >= 11 is 0. The fraction of sp³-hybridized carbons (Fsp3) is 0.111. The molecule has 0 aliphatic carbocycles. The Bertz CT molecular complexity index is 819. The van der Waals surface area contributed by atoms with Gasteiger partial charge < -0.3 is 14.8 Å². The first-order valence-electron chi connectivity index (χ1n) is 7.31. The van der Waals surface area contributed by atoms with Crippen LogP contribution in [-0.2, 0) is 9.53 Å². The molecule has 0 spiro atoms. The summed E-state index contributed by atoms with van der Waals surface area (Å²) in [7, 11) is 1.12. The predicted octanol–water partition coefficient (Wildman–Crippen LogP) is 3.37. The van der Waals surface area contributed by atoms with Crippen LogP contribution in [0.2, 0.25) is 0 Å². The highest BCUT2D eigenvalue weighted by atomic mass is 19.3. The van der Waals surface area contributed by atoms with E-state index >= 15 is 0 Å². The summed E-state index contributed by atoms with van der Waals surface area (Å²) in [4.78, 5) is 24.0. The molecule has 0 saturated carbocycles. The molecule has 0 unspecified atom stereocenters. The van der Waals surface area contributed by atoms with E-state index < -0.39 is 24.3 Å². The molecule has 5 nitrogen and oxygen atoms in total. The SMILES string of the molecule is COC(=O)C(=Cc1ccc(OC(F)F)cc1)NC(=O)c1ccccc1F.